The lowest BCUT2D eigenvalue weighted by molar-refractivity contribution is -0.870. The number of nitrogens with zero attached hydrogens (tertiary/aromatic N) is 1. The lowest BCUT2D eigenvalue weighted by Gasteiger charge is -2.24. The molecule has 0 radical (unpaired) electrons. The highest BCUT2D eigenvalue weighted by Crippen LogP contribution is 2.43. The van der Waals surface area contributed by atoms with E-state index < -0.39 is 26.5 Å². The monoisotopic (exact) mass is 674 g/mol. The van der Waals surface area contributed by atoms with E-state index in [4.69, 9.17) is 18.5 Å². The number of esters is 2. The summed E-state index contributed by atoms with van der Waals surface area (Å²) in [5, 5.41) is 0. The van der Waals surface area contributed by atoms with Gasteiger partial charge in [-0.1, -0.05) is 115 Å². The zero-order valence-corrected chi connectivity index (χ0v) is 31.0. The molecule has 270 valence electrons. The SMILES string of the molecule is CCC/C=C\C/C=C\CCCCCCCC(=O)OC(COC(=O)CCCCCCCCCCC)COP(=O)(O)OCC[N+](C)(C)C. The number of likely N-dealkylation sites (N-methyl/N-ethyl adjacent to an activating group) is 1. The van der Waals surface area contributed by atoms with Crippen molar-refractivity contribution in [2.75, 3.05) is 47.5 Å². The summed E-state index contributed by atoms with van der Waals surface area (Å²) in [4.78, 5) is 35.0. The van der Waals surface area contributed by atoms with Gasteiger partial charge in [0.1, 0.15) is 19.8 Å². The van der Waals surface area contributed by atoms with Gasteiger partial charge in [0.25, 0.3) is 0 Å². The topological polar surface area (TPSA) is 108 Å². The van der Waals surface area contributed by atoms with Crippen LogP contribution in [0.4, 0.5) is 0 Å². The summed E-state index contributed by atoms with van der Waals surface area (Å²) in [6.45, 7) is 4.29. The summed E-state index contributed by atoms with van der Waals surface area (Å²) in [5.74, 6) is -0.820. The second kappa shape index (κ2) is 29.6. The number of phosphoric acid groups is 1. The van der Waals surface area contributed by atoms with E-state index in [0.29, 0.717) is 17.4 Å². The fraction of sp³-hybridized carbons (Fsp3) is 0.833. The Morgan fingerprint density at radius 2 is 1.22 bits per heavy atom. The highest BCUT2D eigenvalue weighted by atomic mass is 31.2. The van der Waals surface area contributed by atoms with Crippen molar-refractivity contribution >= 4 is 19.8 Å². The first-order valence-corrected chi connectivity index (χ1v) is 19.6. The normalized spacial score (nSPS) is 14.1. The highest BCUT2D eigenvalue weighted by Gasteiger charge is 2.27. The van der Waals surface area contributed by atoms with E-state index in [0.717, 1.165) is 64.2 Å². The Kier molecular flexibility index (Phi) is 28.6. The molecule has 46 heavy (non-hydrogen) atoms. The zero-order chi connectivity index (χ0) is 34.4. The number of carbonyl (C=O) groups is 2. The van der Waals surface area contributed by atoms with Crippen LogP contribution in [-0.4, -0.2) is 74.9 Å². The Morgan fingerprint density at radius 3 is 1.80 bits per heavy atom. The summed E-state index contributed by atoms with van der Waals surface area (Å²) >= 11 is 0. The number of unbranched alkanes of at least 4 members (excludes halogenated alkanes) is 14. The van der Waals surface area contributed by atoms with Gasteiger partial charge in [-0.25, -0.2) is 4.57 Å². The van der Waals surface area contributed by atoms with E-state index in [1.807, 2.05) is 21.1 Å². The largest absolute Gasteiger partial charge is 0.472 e. The van der Waals surface area contributed by atoms with Crippen molar-refractivity contribution in [1.29, 1.82) is 0 Å². The third-order valence-corrected chi connectivity index (χ3v) is 8.45. The number of quaternary nitrogens is 1. The first kappa shape index (κ1) is 44.5. The molecule has 0 aliphatic heterocycles. The number of hydrogen-bond acceptors (Lipinski definition) is 7. The molecule has 0 bridgehead atoms. The molecule has 2 unspecified atom stereocenters. The number of carbonyl (C=O) groups excluding carboxylic acids is 2. The zero-order valence-electron chi connectivity index (χ0n) is 30.1. The van der Waals surface area contributed by atoms with Crippen LogP contribution in [0.2, 0.25) is 0 Å². The van der Waals surface area contributed by atoms with Crippen LogP contribution in [0.15, 0.2) is 24.3 Å². The number of hydrogen-bond donors (Lipinski definition) is 1. The van der Waals surface area contributed by atoms with Gasteiger partial charge in [0.2, 0.25) is 0 Å². The van der Waals surface area contributed by atoms with Gasteiger partial charge in [0, 0.05) is 12.8 Å². The van der Waals surface area contributed by atoms with Crippen molar-refractivity contribution in [3.63, 3.8) is 0 Å². The molecule has 0 spiro atoms. The number of allylic oxidation sites excluding steroid dienone is 4. The molecule has 0 aliphatic rings. The fourth-order valence-corrected chi connectivity index (χ4v) is 5.32. The number of rotatable bonds is 32. The molecular weight excluding hydrogens is 605 g/mol. The minimum absolute atomic E-state index is 0.0299. The number of ether oxygens (including phenoxy) is 2. The van der Waals surface area contributed by atoms with E-state index in [1.165, 1.54) is 44.9 Å². The van der Waals surface area contributed by atoms with E-state index in [2.05, 4.69) is 38.2 Å². The van der Waals surface area contributed by atoms with Crippen molar-refractivity contribution in [1.82, 2.24) is 0 Å². The van der Waals surface area contributed by atoms with Gasteiger partial charge >= 0.3 is 19.8 Å². The average molecular weight is 675 g/mol. The lowest BCUT2D eigenvalue weighted by atomic mass is 10.1. The molecule has 0 aliphatic carbocycles. The van der Waals surface area contributed by atoms with E-state index >= 15 is 0 Å². The van der Waals surface area contributed by atoms with Gasteiger partial charge in [0.05, 0.1) is 27.7 Å². The maximum atomic E-state index is 12.6. The Balaban J connectivity index is 4.50. The maximum absolute atomic E-state index is 12.6. The molecule has 1 N–H and O–H groups in total. The standard InChI is InChI=1S/C36H68NO8P/c1-6-8-10-12-14-16-17-18-19-21-23-25-27-29-36(39)45-34(33-44-46(40,41)43-31-30-37(3,4)5)32-42-35(38)28-26-24-22-20-15-13-11-9-7-2/h10,12,16-17,34H,6-9,11,13-15,18-33H2,1-5H3/p+1/b12-10-,17-16-. The molecule has 0 fully saturated rings. The quantitative estimate of drug-likeness (QED) is 0.0247. The molecule has 0 aromatic heterocycles. The van der Waals surface area contributed by atoms with Gasteiger partial charge < -0.3 is 18.9 Å². The van der Waals surface area contributed by atoms with Crippen LogP contribution in [0.5, 0.6) is 0 Å². The van der Waals surface area contributed by atoms with Gasteiger partial charge in [-0.15, -0.1) is 0 Å². The van der Waals surface area contributed by atoms with Gasteiger partial charge in [-0.3, -0.25) is 18.6 Å². The van der Waals surface area contributed by atoms with Gasteiger partial charge in [-0.2, -0.15) is 0 Å². The summed E-state index contributed by atoms with van der Waals surface area (Å²) < 4.78 is 34.0. The molecule has 2 atom stereocenters. The molecule has 0 rings (SSSR count). The fourth-order valence-electron chi connectivity index (χ4n) is 4.58. The molecule has 10 heteroatoms. The van der Waals surface area contributed by atoms with Crippen molar-refractivity contribution in [2.24, 2.45) is 0 Å². The first-order chi connectivity index (χ1) is 22.0. The third-order valence-electron chi connectivity index (χ3n) is 7.47. The van der Waals surface area contributed by atoms with Gasteiger partial charge in [-0.05, 0) is 38.5 Å². The van der Waals surface area contributed by atoms with E-state index in [-0.39, 0.29) is 32.0 Å². The highest BCUT2D eigenvalue weighted by molar-refractivity contribution is 7.47. The minimum Gasteiger partial charge on any atom is -0.462 e. The molecule has 0 saturated carbocycles. The molecule has 0 amide bonds. The first-order valence-electron chi connectivity index (χ1n) is 18.1. The van der Waals surface area contributed by atoms with Crippen LogP contribution >= 0.6 is 7.82 Å². The van der Waals surface area contributed by atoms with Crippen LogP contribution in [0.25, 0.3) is 0 Å². The van der Waals surface area contributed by atoms with E-state index in [9.17, 15) is 19.0 Å². The summed E-state index contributed by atoms with van der Waals surface area (Å²) in [6, 6.07) is 0. The predicted octanol–water partition coefficient (Wildman–Crippen LogP) is 9.24. The van der Waals surface area contributed by atoms with Crippen LogP contribution in [0.3, 0.4) is 0 Å². The Hall–Kier alpha value is -1.51. The average Bonchev–Trinajstić information content (AvgIpc) is 2.99. The summed E-state index contributed by atoms with van der Waals surface area (Å²) in [5.41, 5.74) is 0. The molecule has 0 aromatic rings. The maximum Gasteiger partial charge on any atom is 0.472 e. The minimum atomic E-state index is -4.36. The second-order valence-electron chi connectivity index (χ2n) is 13.3. The van der Waals surface area contributed by atoms with Crippen molar-refractivity contribution in [2.45, 2.75) is 148 Å². The molecule has 9 nitrogen and oxygen atoms in total. The van der Waals surface area contributed by atoms with Crippen molar-refractivity contribution in [3.8, 4) is 0 Å². The predicted molar refractivity (Wildman–Crippen MR) is 187 cm³/mol. The second-order valence-corrected chi connectivity index (χ2v) is 14.7. The Labute approximate surface area is 281 Å². The van der Waals surface area contributed by atoms with Crippen LogP contribution in [0, 0.1) is 0 Å². The van der Waals surface area contributed by atoms with Gasteiger partial charge in [0.15, 0.2) is 6.10 Å². The molecule has 0 heterocycles. The van der Waals surface area contributed by atoms with Crippen molar-refractivity contribution in [3.05, 3.63) is 24.3 Å². The van der Waals surface area contributed by atoms with Crippen molar-refractivity contribution < 1.29 is 42.1 Å². The molecular formula is C36H69NO8P+. The number of phosphoric ester groups is 1. The van der Waals surface area contributed by atoms with Crippen LogP contribution < -0.4 is 0 Å². The van der Waals surface area contributed by atoms with Crippen LogP contribution in [0.1, 0.15) is 142 Å². The molecule has 0 saturated heterocycles. The Morgan fingerprint density at radius 1 is 0.674 bits per heavy atom. The van der Waals surface area contributed by atoms with E-state index in [1.54, 1.807) is 0 Å². The smallest absolute Gasteiger partial charge is 0.462 e. The summed E-state index contributed by atoms with van der Waals surface area (Å²) in [6.07, 6.45) is 28.0. The lowest BCUT2D eigenvalue weighted by Crippen LogP contribution is -2.37. The molecule has 0 aromatic carbocycles. The van der Waals surface area contributed by atoms with Crippen LogP contribution in [-0.2, 0) is 32.7 Å². The Bertz CT molecular complexity index is 855. The summed E-state index contributed by atoms with van der Waals surface area (Å²) in [7, 11) is 1.46. The third kappa shape index (κ3) is 32.4.